The lowest BCUT2D eigenvalue weighted by Crippen LogP contribution is -2.21. The molecule has 0 bridgehead atoms. The summed E-state index contributed by atoms with van der Waals surface area (Å²) in [6.07, 6.45) is 0. The summed E-state index contributed by atoms with van der Waals surface area (Å²) < 4.78 is 0. The standard InChI is InChI=1S/C15H18Si/c1-12-4-6-13(7-5-12)14-8-10-15(11-9-14)16(2)3/h4-11,16H,1-3H3. The van der Waals surface area contributed by atoms with Gasteiger partial charge in [0.25, 0.3) is 0 Å². The first-order valence-electron chi connectivity index (χ1n) is 5.84. The number of hydrogen-bond donors (Lipinski definition) is 0. The molecule has 82 valence electrons. The lowest BCUT2D eigenvalue weighted by atomic mass is 10.0. The second-order valence-corrected chi connectivity index (χ2v) is 7.62. The van der Waals surface area contributed by atoms with Crippen LogP contribution in [0.5, 0.6) is 0 Å². The molecule has 0 nitrogen and oxygen atoms in total. The van der Waals surface area contributed by atoms with Crippen LogP contribution in [0, 0.1) is 6.92 Å². The molecule has 0 aliphatic carbocycles. The van der Waals surface area contributed by atoms with E-state index in [1.165, 1.54) is 21.9 Å². The molecule has 0 saturated heterocycles. The molecule has 0 aliphatic heterocycles. The topological polar surface area (TPSA) is 0 Å². The van der Waals surface area contributed by atoms with E-state index in [9.17, 15) is 0 Å². The van der Waals surface area contributed by atoms with Gasteiger partial charge in [-0.05, 0) is 18.1 Å². The molecule has 0 radical (unpaired) electrons. The van der Waals surface area contributed by atoms with Crippen LogP contribution in [0.1, 0.15) is 5.56 Å². The van der Waals surface area contributed by atoms with Crippen LogP contribution in [0.15, 0.2) is 48.5 Å². The second kappa shape index (κ2) is 4.66. The summed E-state index contributed by atoms with van der Waals surface area (Å²) in [5.41, 5.74) is 3.94. The minimum absolute atomic E-state index is 0.651. The Morgan fingerprint density at radius 2 is 1.12 bits per heavy atom. The third-order valence-corrected chi connectivity index (χ3v) is 4.68. The average molecular weight is 226 g/mol. The van der Waals surface area contributed by atoms with Crippen LogP contribution in [0.4, 0.5) is 0 Å². The Morgan fingerprint density at radius 1 is 0.688 bits per heavy atom. The predicted molar refractivity (Wildman–Crippen MR) is 75.1 cm³/mol. The third-order valence-electron chi connectivity index (χ3n) is 2.96. The molecule has 0 atom stereocenters. The van der Waals surface area contributed by atoms with Crippen LogP contribution in [-0.4, -0.2) is 8.80 Å². The molecule has 0 spiro atoms. The summed E-state index contributed by atoms with van der Waals surface area (Å²) in [7, 11) is -0.651. The van der Waals surface area contributed by atoms with E-state index in [4.69, 9.17) is 0 Å². The van der Waals surface area contributed by atoms with Gasteiger partial charge < -0.3 is 0 Å². The highest BCUT2D eigenvalue weighted by molar-refractivity contribution is 6.70. The lowest BCUT2D eigenvalue weighted by Gasteiger charge is -2.06. The van der Waals surface area contributed by atoms with Gasteiger partial charge in [0.05, 0.1) is 8.80 Å². The quantitative estimate of drug-likeness (QED) is 0.689. The Bertz CT molecular complexity index is 452. The number of hydrogen-bond acceptors (Lipinski definition) is 0. The van der Waals surface area contributed by atoms with Gasteiger partial charge in [0.2, 0.25) is 0 Å². The van der Waals surface area contributed by atoms with Crippen molar-refractivity contribution in [2.75, 3.05) is 0 Å². The molecule has 1 heteroatoms. The first kappa shape index (κ1) is 11.2. The van der Waals surface area contributed by atoms with E-state index in [2.05, 4.69) is 68.5 Å². The summed E-state index contributed by atoms with van der Waals surface area (Å²) in [5.74, 6) is 0. The Balaban J connectivity index is 2.31. The highest BCUT2D eigenvalue weighted by atomic mass is 28.3. The second-order valence-electron chi connectivity index (χ2n) is 4.64. The molecule has 16 heavy (non-hydrogen) atoms. The van der Waals surface area contributed by atoms with Gasteiger partial charge >= 0.3 is 0 Å². The zero-order valence-electron chi connectivity index (χ0n) is 10.2. The predicted octanol–water partition coefficient (Wildman–Crippen LogP) is 3.36. The lowest BCUT2D eigenvalue weighted by molar-refractivity contribution is 1.47. The number of aryl methyl sites for hydroxylation is 1. The molecule has 0 saturated carbocycles. The van der Waals surface area contributed by atoms with E-state index in [1.807, 2.05) is 0 Å². The van der Waals surface area contributed by atoms with Crippen molar-refractivity contribution in [3.8, 4) is 11.1 Å². The maximum absolute atomic E-state index is 2.36. The van der Waals surface area contributed by atoms with E-state index in [0.29, 0.717) is 0 Å². The number of benzene rings is 2. The van der Waals surface area contributed by atoms with Gasteiger partial charge in [-0.15, -0.1) is 0 Å². The molecule has 0 amide bonds. The average Bonchev–Trinajstić information content (AvgIpc) is 2.30. The SMILES string of the molecule is Cc1ccc(-c2ccc([SiH](C)C)cc2)cc1. The molecule has 0 fully saturated rings. The van der Waals surface area contributed by atoms with Gasteiger partial charge in [0, 0.05) is 0 Å². The van der Waals surface area contributed by atoms with Crippen molar-refractivity contribution in [2.24, 2.45) is 0 Å². The molecular weight excluding hydrogens is 208 g/mol. The fourth-order valence-electron chi connectivity index (χ4n) is 1.81. The summed E-state index contributed by atoms with van der Waals surface area (Å²) >= 11 is 0. The molecule has 0 unspecified atom stereocenters. The van der Waals surface area contributed by atoms with E-state index >= 15 is 0 Å². The summed E-state index contributed by atoms with van der Waals surface area (Å²) in [6, 6.07) is 17.8. The van der Waals surface area contributed by atoms with Gasteiger partial charge in [-0.2, -0.15) is 0 Å². The molecule has 0 aliphatic rings. The van der Waals surface area contributed by atoms with Crippen molar-refractivity contribution in [1.82, 2.24) is 0 Å². The van der Waals surface area contributed by atoms with Crippen LogP contribution in [0.3, 0.4) is 0 Å². The van der Waals surface area contributed by atoms with E-state index in [-0.39, 0.29) is 0 Å². The van der Waals surface area contributed by atoms with Gasteiger partial charge in [-0.25, -0.2) is 0 Å². The maximum Gasteiger partial charge on any atom is 0.0647 e. The van der Waals surface area contributed by atoms with Crippen LogP contribution in [0.2, 0.25) is 13.1 Å². The summed E-state index contributed by atoms with van der Waals surface area (Å²) in [5, 5.41) is 1.54. The molecular formula is C15H18Si. The van der Waals surface area contributed by atoms with Gasteiger partial charge in [-0.3, -0.25) is 0 Å². The zero-order chi connectivity index (χ0) is 11.5. The monoisotopic (exact) mass is 226 g/mol. The fraction of sp³-hybridized carbons (Fsp3) is 0.200. The molecule has 0 aromatic heterocycles. The van der Waals surface area contributed by atoms with E-state index < -0.39 is 8.80 Å². The highest BCUT2D eigenvalue weighted by Gasteiger charge is 2.01. The third kappa shape index (κ3) is 2.42. The highest BCUT2D eigenvalue weighted by Crippen LogP contribution is 2.18. The van der Waals surface area contributed by atoms with Crippen molar-refractivity contribution in [1.29, 1.82) is 0 Å². The first-order valence-corrected chi connectivity index (χ1v) is 8.72. The van der Waals surface area contributed by atoms with Crippen molar-refractivity contribution >= 4 is 14.0 Å². The minimum Gasteiger partial charge on any atom is -0.0682 e. The number of rotatable bonds is 2. The molecule has 0 heterocycles. The Morgan fingerprint density at radius 3 is 1.56 bits per heavy atom. The fourth-order valence-corrected chi connectivity index (χ4v) is 2.77. The molecule has 0 N–H and O–H groups in total. The smallest absolute Gasteiger partial charge is 0.0647 e. The van der Waals surface area contributed by atoms with Crippen molar-refractivity contribution < 1.29 is 0 Å². The van der Waals surface area contributed by atoms with E-state index in [1.54, 1.807) is 0 Å². The van der Waals surface area contributed by atoms with E-state index in [0.717, 1.165) is 0 Å². The Hall–Kier alpha value is -1.34. The normalized spacial score (nSPS) is 10.8. The van der Waals surface area contributed by atoms with Crippen molar-refractivity contribution in [3.63, 3.8) is 0 Å². The molecule has 2 aromatic carbocycles. The molecule has 2 aromatic rings. The van der Waals surface area contributed by atoms with Crippen molar-refractivity contribution in [3.05, 3.63) is 54.1 Å². The van der Waals surface area contributed by atoms with Gasteiger partial charge in [-0.1, -0.05) is 72.4 Å². The van der Waals surface area contributed by atoms with Crippen LogP contribution in [0.25, 0.3) is 11.1 Å². The van der Waals surface area contributed by atoms with Crippen molar-refractivity contribution in [2.45, 2.75) is 20.0 Å². The zero-order valence-corrected chi connectivity index (χ0v) is 11.4. The minimum atomic E-state index is -0.651. The summed E-state index contributed by atoms with van der Waals surface area (Å²) in [6.45, 7) is 6.85. The van der Waals surface area contributed by atoms with Crippen LogP contribution >= 0.6 is 0 Å². The van der Waals surface area contributed by atoms with Gasteiger partial charge in [0.1, 0.15) is 0 Å². The largest absolute Gasteiger partial charge is 0.0682 e. The van der Waals surface area contributed by atoms with Crippen LogP contribution in [-0.2, 0) is 0 Å². The summed E-state index contributed by atoms with van der Waals surface area (Å²) in [4.78, 5) is 0. The Kier molecular flexibility index (Phi) is 3.25. The maximum atomic E-state index is 2.36. The molecule has 2 rings (SSSR count). The van der Waals surface area contributed by atoms with Gasteiger partial charge in [0.15, 0.2) is 0 Å². The first-order chi connectivity index (χ1) is 7.66. The van der Waals surface area contributed by atoms with Crippen LogP contribution < -0.4 is 5.19 Å². The Labute approximate surface area is 99.6 Å².